The first kappa shape index (κ1) is 27.6. The highest BCUT2D eigenvalue weighted by Gasteiger charge is 2.25. The van der Waals surface area contributed by atoms with Gasteiger partial charge < -0.3 is 15.5 Å². The first-order valence-electron chi connectivity index (χ1n) is 11.9. The zero-order valence-electron chi connectivity index (χ0n) is 20.7. The van der Waals surface area contributed by atoms with Crippen molar-refractivity contribution < 1.29 is 4.79 Å². The van der Waals surface area contributed by atoms with Crippen molar-refractivity contribution >= 4 is 35.4 Å². The van der Waals surface area contributed by atoms with Crippen LogP contribution in [0.3, 0.4) is 0 Å². The van der Waals surface area contributed by atoms with Crippen molar-refractivity contribution in [1.82, 2.24) is 29.3 Å². The molecule has 1 aliphatic rings. The lowest BCUT2D eigenvalue weighted by molar-refractivity contribution is -0.121. The van der Waals surface area contributed by atoms with Crippen molar-refractivity contribution in [2.24, 2.45) is 0 Å². The topological polar surface area (TPSA) is 106 Å². The predicted molar refractivity (Wildman–Crippen MR) is 146 cm³/mol. The molecule has 2 N–H and O–H groups in total. The van der Waals surface area contributed by atoms with Crippen LogP contribution < -0.4 is 26.8 Å². The molecule has 11 heteroatoms. The molecular weight excluding hydrogens is 494 g/mol. The van der Waals surface area contributed by atoms with Gasteiger partial charge in [0.05, 0.1) is 13.1 Å². The van der Waals surface area contributed by atoms with Crippen LogP contribution in [0.2, 0.25) is 0 Å². The normalized spacial score (nSPS) is 12.8. The van der Waals surface area contributed by atoms with Gasteiger partial charge >= 0.3 is 5.69 Å². The van der Waals surface area contributed by atoms with Crippen LogP contribution in [0.1, 0.15) is 12.5 Å². The van der Waals surface area contributed by atoms with Gasteiger partial charge in [-0.3, -0.25) is 23.3 Å². The van der Waals surface area contributed by atoms with E-state index in [9.17, 15) is 14.4 Å². The lowest BCUT2D eigenvalue weighted by Crippen LogP contribution is -2.44. The Kier molecular flexibility index (Phi) is 9.56. The highest BCUT2D eigenvalue weighted by molar-refractivity contribution is 5.85. The zero-order chi connectivity index (χ0) is 25.5. The average Bonchev–Trinajstić information content (AvgIpc) is 3.29. The van der Waals surface area contributed by atoms with E-state index in [0.717, 1.165) is 18.7 Å². The number of benzene rings is 1. The van der Waals surface area contributed by atoms with Crippen molar-refractivity contribution in [3.05, 3.63) is 56.7 Å². The number of carbonyl (C=O) groups is 1. The number of nitrogens with one attached hydrogen (secondary N) is 2. The van der Waals surface area contributed by atoms with E-state index in [1.54, 1.807) is 11.5 Å². The maximum atomic E-state index is 13.7. The summed E-state index contributed by atoms with van der Waals surface area (Å²) in [6.07, 6.45) is 5.75. The number of aryl methyl sites for hydroxylation is 1. The van der Waals surface area contributed by atoms with E-state index < -0.39 is 17.2 Å². The number of hydrogen-bond donors (Lipinski definition) is 2. The summed E-state index contributed by atoms with van der Waals surface area (Å²) >= 11 is 0. The molecule has 0 aliphatic carbocycles. The first-order valence-corrected chi connectivity index (χ1v) is 11.9. The molecule has 0 bridgehead atoms. The van der Waals surface area contributed by atoms with E-state index in [4.69, 9.17) is 11.4 Å². The van der Waals surface area contributed by atoms with Gasteiger partial charge in [-0.2, -0.15) is 4.98 Å². The summed E-state index contributed by atoms with van der Waals surface area (Å²) in [6, 6.07) is 9.62. The number of fused-ring (bicyclic) bond motifs is 1. The Labute approximate surface area is 221 Å². The van der Waals surface area contributed by atoms with Gasteiger partial charge in [-0.1, -0.05) is 42.2 Å². The van der Waals surface area contributed by atoms with Crippen molar-refractivity contribution in [3.63, 3.8) is 0 Å². The van der Waals surface area contributed by atoms with Crippen molar-refractivity contribution in [1.29, 1.82) is 0 Å². The highest BCUT2D eigenvalue weighted by atomic mass is 35.5. The number of carbonyl (C=O) groups excluding carboxylic acids is 1. The van der Waals surface area contributed by atoms with E-state index in [1.807, 2.05) is 30.3 Å². The number of halogens is 1. The summed E-state index contributed by atoms with van der Waals surface area (Å²) < 4.78 is 4.20. The average molecular weight is 524 g/mol. The van der Waals surface area contributed by atoms with E-state index in [-0.39, 0.29) is 49.7 Å². The fraction of sp³-hybridized carbons (Fsp3) is 0.385. The standard InChI is InChI=1S/C26H29N7O3.ClH/c1-3-5-15-31-22-23(29-25(31)30-17-13-27-14-18-30)33(19-21(34)28-12-4-2)26(36)32(24(22)35)16-11-20-9-7-6-8-10-20;/h2,6-10,27H,11-19H2,1H3,(H,28,34);1H. The minimum atomic E-state index is -0.586. The fourth-order valence-electron chi connectivity index (χ4n) is 4.27. The maximum Gasteiger partial charge on any atom is 0.333 e. The Morgan fingerprint density at radius 2 is 1.86 bits per heavy atom. The van der Waals surface area contributed by atoms with Gasteiger partial charge in [0.25, 0.3) is 5.56 Å². The van der Waals surface area contributed by atoms with Crippen LogP contribution in [0.4, 0.5) is 5.95 Å². The number of anilines is 1. The van der Waals surface area contributed by atoms with Crippen LogP contribution >= 0.6 is 12.4 Å². The predicted octanol–water partition coefficient (Wildman–Crippen LogP) is 0.207. The molecule has 3 heterocycles. The third-order valence-corrected chi connectivity index (χ3v) is 6.06. The molecule has 2 aromatic heterocycles. The van der Waals surface area contributed by atoms with E-state index in [0.29, 0.717) is 25.5 Å². The van der Waals surface area contributed by atoms with Gasteiger partial charge in [-0.15, -0.1) is 24.8 Å². The summed E-state index contributed by atoms with van der Waals surface area (Å²) in [7, 11) is 0. The van der Waals surface area contributed by atoms with Crippen LogP contribution in [0.5, 0.6) is 0 Å². The summed E-state index contributed by atoms with van der Waals surface area (Å²) in [6.45, 7) is 4.79. The molecule has 194 valence electrons. The number of hydrogen-bond acceptors (Lipinski definition) is 6. The molecule has 37 heavy (non-hydrogen) atoms. The number of piperazine rings is 1. The van der Waals surface area contributed by atoms with Crippen LogP contribution in [0, 0.1) is 24.2 Å². The number of aromatic nitrogens is 4. The molecule has 0 radical (unpaired) electrons. The Balaban J connectivity index is 0.00000380. The third kappa shape index (κ3) is 6.05. The van der Waals surface area contributed by atoms with Crippen LogP contribution in [-0.2, 0) is 30.8 Å². The molecule has 1 saturated heterocycles. The van der Waals surface area contributed by atoms with Crippen LogP contribution in [-0.4, -0.2) is 57.3 Å². The van der Waals surface area contributed by atoms with E-state index in [2.05, 4.69) is 33.3 Å². The van der Waals surface area contributed by atoms with Gasteiger partial charge in [0.15, 0.2) is 11.2 Å². The molecule has 3 aromatic rings. The molecule has 0 atom stereocenters. The minimum Gasteiger partial charge on any atom is -0.344 e. The number of imidazole rings is 1. The van der Waals surface area contributed by atoms with Crippen molar-refractivity contribution in [2.45, 2.75) is 33.0 Å². The van der Waals surface area contributed by atoms with Gasteiger partial charge in [0, 0.05) is 32.7 Å². The smallest absolute Gasteiger partial charge is 0.333 e. The summed E-state index contributed by atoms with van der Waals surface area (Å²) in [5.74, 6) is 8.37. The molecular formula is C26H30ClN7O3. The van der Waals surface area contributed by atoms with E-state index >= 15 is 0 Å². The molecule has 4 rings (SSSR count). The molecule has 1 amide bonds. The number of amides is 1. The maximum absolute atomic E-state index is 13.7. The monoisotopic (exact) mass is 523 g/mol. The third-order valence-electron chi connectivity index (χ3n) is 6.06. The quantitative estimate of drug-likeness (QED) is 0.409. The fourth-order valence-corrected chi connectivity index (χ4v) is 4.27. The van der Waals surface area contributed by atoms with Gasteiger partial charge in [0.2, 0.25) is 11.9 Å². The molecule has 0 saturated carbocycles. The van der Waals surface area contributed by atoms with Crippen molar-refractivity contribution in [2.75, 3.05) is 37.6 Å². The summed E-state index contributed by atoms with van der Waals surface area (Å²) in [5.41, 5.74) is 0.386. The van der Waals surface area contributed by atoms with Gasteiger partial charge in [0.1, 0.15) is 6.54 Å². The molecule has 0 unspecified atom stereocenters. The molecule has 1 fully saturated rings. The van der Waals surface area contributed by atoms with Gasteiger partial charge in [-0.05, 0) is 18.9 Å². The molecule has 1 aromatic carbocycles. The van der Waals surface area contributed by atoms with E-state index in [1.165, 1.54) is 9.13 Å². The number of terminal acetylenes is 1. The Hall–Kier alpha value is -3.99. The summed E-state index contributed by atoms with van der Waals surface area (Å²) in [5, 5.41) is 5.89. The first-order chi connectivity index (χ1) is 17.5. The number of rotatable bonds is 8. The largest absolute Gasteiger partial charge is 0.344 e. The highest BCUT2D eigenvalue weighted by Crippen LogP contribution is 2.20. The zero-order valence-corrected chi connectivity index (χ0v) is 21.5. The Morgan fingerprint density at radius 1 is 1.14 bits per heavy atom. The lowest BCUT2D eigenvalue weighted by atomic mass is 10.1. The Morgan fingerprint density at radius 3 is 2.54 bits per heavy atom. The second-order valence-electron chi connectivity index (χ2n) is 8.38. The van der Waals surface area contributed by atoms with Gasteiger partial charge in [-0.25, -0.2) is 4.79 Å². The second-order valence-corrected chi connectivity index (χ2v) is 8.38. The molecule has 10 nitrogen and oxygen atoms in total. The molecule has 0 spiro atoms. The minimum absolute atomic E-state index is 0. The van der Waals surface area contributed by atoms with Crippen LogP contribution in [0.25, 0.3) is 11.2 Å². The number of nitrogens with zero attached hydrogens (tertiary/aromatic N) is 5. The molecule has 1 aliphatic heterocycles. The SMILES string of the molecule is C#CCNC(=O)Cn1c(=O)n(CCc2ccccc2)c(=O)c2c1nc(N1CCNCC1)n2CC#CC.Cl. The summed E-state index contributed by atoms with van der Waals surface area (Å²) in [4.78, 5) is 46.7. The second kappa shape index (κ2) is 12.8. The Bertz CT molecular complexity index is 1470. The van der Waals surface area contributed by atoms with Crippen molar-refractivity contribution in [3.8, 4) is 24.2 Å². The van der Waals surface area contributed by atoms with Crippen LogP contribution in [0.15, 0.2) is 39.9 Å². The lowest BCUT2D eigenvalue weighted by Gasteiger charge is -2.28.